The van der Waals surface area contributed by atoms with Crippen molar-refractivity contribution < 1.29 is 14.3 Å². The Balaban J connectivity index is 1.58. The van der Waals surface area contributed by atoms with E-state index in [1.807, 2.05) is 31.2 Å². The molecule has 158 valence electrons. The number of ketones is 1. The van der Waals surface area contributed by atoms with Crippen LogP contribution in [0.3, 0.4) is 0 Å². The van der Waals surface area contributed by atoms with Crippen LogP contribution in [-0.4, -0.2) is 21.6 Å². The number of aromatic nitrogens is 2. The highest BCUT2D eigenvalue weighted by Crippen LogP contribution is 2.32. The zero-order valence-electron chi connectivity index (χ0n) is 16.7. The van der Waals surface area contributed by atoms with E-state index < -0.39 is 23.2 Å². The fourth-order valence-electron chi connectivity index (χ4n) is 3.56. The maximum atomic E-state index is 13.4. The molecule has 6 nitrogen and oxygen atoms in total. The Labute approximate surface area is 182 Å². The monoisotopic (exact) mass is 436 g/mol. The Morgan fingerprint density at radius 2 is 2.00 bits per heavy atom. The summed E-state index contributed by atoms with van der Waals surface area (Å²) >= 11 is 1.32. The Hall–Kier alpha value is -3.26. The van der Waals surface area contributed by atoms with Crippen LogP contribution in [0.5, 0.6) is 0 Å². The van der Waals surface area contributed by atoms with Gasteiger partial charge >= 0.3 is 0 Å². The number of aliphatic imine (C=N–C) groups is 1. The second-order valence-electron chi connectivity index (χ2n) is 7.42. The lowest BCUT2D eigenvalue weighted by molar-refractivity contribution is -0.219. The number of Topliss-reactive ketones (excluding diaryl/α,β-unsaturated/α-hetero) is 1. The normalized spacial score (nSPS) is 15.3. The number of fused-ring (bicyclic) bond motifs is 1. The van der Waals surface area contributed by atoms with Crippen molar-refractivity contribution in [3.8, 4) is 0 Å². The zero-order valence-corrected chi connectivity index (χ0v) is 17.5. The number of hydrogen-bond donors (Lipinski definition) is 1. The maximum Gasteiger partial charge on any atom is 0.257 e. The van der Waals surface area contributed by atoms with E-state index in [1.54, 1.807) is 6.07 Å². The number of aryl methyl sites for hydroxylation is 1. The minimum Gasteiger partial charge on any atom is -0.862 e. The minimum absolute atomic E-state index is 0.00988. The highest BCUT2D eigenvalue weighted by molar-refractivity contribution is 7.98. The summed E-state index contributed by atoms with van der Waals surface area (Å²) < 4.78 is 13.4. The molecule has 0 unspecified atom stereocenters. The zero-order chi connectivity index (χ0) is 22.0. The summed E-state index contributed by atoms with van der Waals surface area (Å²) in [6, 6.07) is 13.7. The van der Waals surface area contributed by atoms with E-state index in [0.29, 0.717) is 16.5 Å². The Bertz CT molecular complexity index is 1240. The molecule has 1 aliphatic rings. The van der Waals surface area contributed by atoms with Crippen LogP contribution in [0, 0.1) is 12.7 Å². The Morgan fingerprint density at radius 3 is 2.77 bits per heavy atom. The summed E-state index contributed by atoms with van der Waals surface area (Å²) in [6.07, 6.45) is -0.278. The molecule has 1 aromatic heterocycles. The number of carbonyl (C=O) groups is 1. The Kier molecular flexibility index (Phi) is 5.99. The van der Waals surface area contributed by atoms with Gasteiger partial charge in [-0.05, 0) is 42.5 Å². The average molecular weight is 436 g/mol. The van der Waals surface area contributed by atoms with Crippen LogP contribution >= 0.6 is 11.8 Å². The van der Waals surface area contributed by atoms with Gasteiger partial charge in [0.25, 0.3) is 5.56 Å². The Morgan fingerprint density at radius 1 is 1.23 bits per heavy atom. The van der Waals surface area contributed by atoms with Crippen LogP contribution < -0.4 is 10.7 Å². The molecule has 1 aliphatic heterocycles. The molecule has 0 spiro atoms. The van der Waals surface area contributed by atoms with Crippen molar-refractivity contribution in [1.82, 2.24) is 9.97 Å². The first-order valence-corrected chi connectivity index (χ1v) is 10.7. The van der Waals surface area contributed by atoms with Gasteiger partial charge in [-0.2, -0.15) is 0 Å². The first-order valence-electron chi connectivity index (χ1n) is 9.73. The van der Waals surface area contributed by atoms with Crippen LogP contribution in [0.15, 0.2) is 63.5 Å². The van der Waals surface area contributed by atoms with Gasteiger partial charge in [0, 0.05) is 12.2 Å². The van der Waals surface area contributed by atoms with Gasteiger partial charge in [-0.3, -0.25) is 9.59 Å². The number of nitrogens with one attached hydrogen (secondary N) is 1. The summed E-state index contributed by atoms with van der Waals surface area (Å²) in [7, 11) is 0. The first-order chi connectivity index (χ1) is 14.9. The summed E-state index contributed by atoms with van der Waals surface area (Å²) in [5.74, 6) is -1.67. The lowest BCUT2D eigenvalue weighted by Crippen LogP contribution is -2.33. The van der Waals surface area contributed by atoms with Crippen LogP contribution in [0.2, 0.25) is 0 Å². The molecule has 2 aromatic carbocycles. The van der Waals surface area contributed by atoms with E-state index in [0.717, 1.165) is 11.1 Å². The number of rotatable bonds is 6. The largest absolute Gasteiger partial charge is 0.862 e. The predicted octanol–water partition coefficient (Wildman–Crippen LogP) is 3.20. The third kappa shape index (κ3) is 4.91. The molecule has 0 saturated heterocycles. The lowest BCUT2D eigenvalue weighted by Gasteiger charge is -2.25. The van der Waals surface area contributed by atoms with Crippen molar-refractivity contribution in [1.29, 1.82) is 0 Å². The number of aromatic amines is 1. The molecular weight excluding hydrogens is 417 g/mol. The fourth-order valence-corrected chi connectivity index (χ4v) is 4.36. The fraction of sp³-hybridized carbons (Fsp3) is 0.217. The van der Waals surface area contributed by atoms with E-state index in [9.17, 15) is 19.1 Å². The molecule has 1 atom stereocenters. The third-order valence-electron chi connectivity index (χ3n) is 4.99. The van der Waals surface area contributed by atoms with Crippen molar-refractivity contribution in [2.45, 2.75) is 36.6 Å². The van der Waals surface area contributed by atoms with E-state index in [-0.39, 0.29) is 30.0 Å². The number of H-pyrrole nitrogens is 1. The van der Waals surface area contributed by atoms with E-state index in [2.05, 4.69) is 15.0 Å². The van der Waals surface area contributed by atoms with Crippen molar-refractivity contribution in [2.75, 3.05) is 0 Å². The molecule has 2 heterocycles. The van der Waals surface area contributed by atoms with Crippen LogP contribution in [0.4, 0.5) is 10.2 Å². The molecule has 0 radical (unpaired) electrons. The topological polar surface area (TPSA) is 98.2 Å². The van der Waals surface area contributed by atoms with Crippen molar-refractivity contribution in [2.24, 2.45) is 4.99 Å². The average Bonchev–Trinajstić information content (AvgIpc) is 2.71. The van der Waals surface area contributed by atoms with Gasteiger partial charge in [0.05, 0.1) is 11.5 Å². The molecule has 4 rings (SSSR count). The molecule has 0 aliphatic carbocycles. The second-order valence-corrected chi connectivity index (χ2v) is 8.39. The molecule has 0 saturated carbocycles. The second kappa shape index (κ2) is 8.85. The van der Waals surface area contributed by atoms with Gasteiger partial charge < -0.3 is 10.1 Å². The molecule has 31 heavy (non-hydrogen) atoms. The number of thioether (sulfide) groups is 1. The van der Waals surface area contributed by atoms with E-state index in [4.69, 9.17) is 0 Å². The summed E-state index contributed by atoms with van der Waals surface area (Å²) in [5.41, 5.74) is 2.30. The molecule has 0 amide bonds. The molecule has 8 heteroatoms. The van der Waals surface area contributed by atoms with E-state index >= 15 is 0 Å². The van der Waals surface area contributed by atoms with Gasteiger partial charge in [0.2, 0.25) is 0 Å². The number of benzene rings is 2. The van der Waals surface area contributed by atoms with Crippen LogP contribution in [0.1, 0.15) is 34.6 Å². The number of halogens is 1. The molecule has 3 aromatic rings. The quantitative estimate of drug-likeness (QED) is 0.473. The van der Waals surface area contributed by atoms with Gasteiger partial charge in [0.15, 0.2) is 11.0 Å². The summed E-state index contributed by atoms with van der Waals surface area (Å²) in [5, 5.41) is 12.5. The molecular formula is C23H19FN3O3S-. The van der Waals surface area contributed by atoms with Gasteiger partial charge in [-0.25, -0.2) is 14.4 Å². The highest BCUT2D eigenvalue weighted by Gasteiger charge is 2.30. The van der Waals surface area contributed by atoms with Crippen LogP contribution in [-0.2, 0) is 17.0 Å². The number of nitrogens with zero attached hydrogens (tertiary/aromatic N) is 2. The van der Waals surface area contributed by atoms with Crippen molar-refractivity contribution >= 4 is 29.3 Å². The molecule has 1 N–H and O–H groups in total. The SMILES string of the molecule is Cc1cccc(CSc2nc3c(c(=O)[nH]2)[C@H](C(=O)Cc2cccc(F)c2)CC([O-])=N3)c1. The molecule has 0 fully saturated rings. The molecule has 0 bridgehead atoms. The number of carbonyl (C=O) groups excluding carboxylic acids is 1. The predicted molar refractivity (Wildman–Crippen MR) is 115 cm³/mol. The van der Waals surface area contributed by atoms with Gasteiger partial charge in [0.1, 0.15) is 11.6 Å². The van der Waals surface area contributed by atoms with Crippen molar-refractivity contribution in [3.63, 3.8) is 0 Å². The van der Waals surface area contributed by atoms with Gasteiger partial charge in [-0.15, -0.1) is 0 Å². The minimum atomic E-state index is -0.949. The van der Waals surface area contributed by atoms with Crippen LogP contribution in [0.25, 0.3) is 0 Å². The van der Waals surface area contributed by atoms with Crippen molar-refractivity contribution in [3.05, 3.63) is 87.0 Å². The summed E-state index contributed by atoms with van der Waals surface area (Å²) in [4.78, 5) is 36.6. The number of hydrogen-bond acceptors (Lipinski definition) is 6. The van der Waals surface area contributed by atoms with Gasteiger partial charge in [-0.1, -0.05) is 53.7 Å². The maximum absolute atomic E-state index is 13.4. The first kappa shape index (κ1) is 21.0. The standard InChI is InChI=1S/C23H20FN3O3S/c1-13-4-2-6-15(8-13)12-31-23-26-21-20(22(30)27-23)17(11-19(29)25-21)18(28)10-14-5-3-7-16(24)9-14/h2-9,17H,10-12H2,1H3,(H2,25,26,27,29,30)/p-1/t17-/m0/s1. The smallest absolute Gasteiger partial charge is 0.257 e. The lowest BCUT2D eigenvalue weighted by atomic mass is 9.87. The highest BCUT2D eigenvalue weighted by atomic mass is 32.2. The van der Waals surface area contributed by atoms with E-state index in [1.165, 1.54) is 30.0 Å². The summed E-state index contributed by atoms with van der Waals surface area (Å²) in [6.45, 7) is 2.00. The third-order valence-corrected chi connectivity index (χ3v) is 5.93.